The minimum atomic E-state index is -0.238. The van der Waals surface area contributed by atoms with Gasteiger partial charge in [-0.05, 0) is 92.9 Å². The van der Waals surface area contributed by atoms with Crippen molar-refractivity contribution >= 4 is 29.3 Å². The largest absolute Gasteiger partial charge is 0.494 e. The molecule has 0 saturated carbocycles. The second-order valence-electron chi connectivity index (χ2n) is 9.73. The topological polar surface area (TPSA) is 107 Å². The van der Waals surface area contributed by atoms with Crippen LogP contribution < -0.4 is 20.1 Å². The van der Waals surface area contributed by atoms with Gasteiger partial charge in [0, 0.05) is 16.9 Å². The highest BCUT2D eigenvalue weighted by atomic mass is 32.2. The van der Waals surface area contributed by atoms with Crippen molar-refractivity contribution in [1.82, 2.24) is 20.1 Å². The molecule has 0 unspecified atom stereocenters. The van der Waals surface area contributed by atoms with E-state index in [1.165, 1.54) is 11.8 Å². The fourth-order valence-corrected chi connectivity index (χ4v) is 4.88. The van der Waals surface area contributed by atoms with Crippen LogP contribution in [-0.2, 0) is 11.3 Å². The lowest BCUT2D eigenvalue weighted by atomic mass is 10.1. The van der Waals surface area contributed by atoms with Crippen LogP contribution in [0.2, 0.25) is 0 Å². The second kappa shape index (κ2) is 15.1. The van der Waals surface area contributed by atoms with E-state index in [1.54, 1.807) is 24.3 Å². The highest BCUT2D eigenvalue weighted by molar-refractivity contribution is 7.99. The molecule has 0 aliphatic heterocycles. The van der Waals surface area contributed by atoms with Crippen molar-refractivity contribution in [2.45, 2.75) is 52.2 Å². The lowest BCUT2D eigenvalue weighted by molar-refractivity contribution is -0.113. The van der Waals surface area contributed by atoms with E-state index in [4.69, 9.17) is 9.47 Å². The Kier molecular flexibility index (Phi) is 11.0. The van der Waals surface area contributed by atoms with Crippen LogP contribution in [0.3, 0.4) is 0 Å². The predicted octanol–water partition coefficient (Wildman–Crippen LogP) is 6.12. The number of hydrogen-bond acceptors (Lipinski definition) is 7. The number of aryl methyl sites for hydroxylation is 2. The van der Waals surface area contributed by atoms with Crippen molar-refractivity contribution in [2.75, 3.05) is 24.3 Å². The Balaban J connectivity index is 1.47. The van der Waals surface area contributed by atoms with Gasteiger partial charge in [0.05, 0.1) is 25.5 Å². The Bertz CT molecular complexity index is 1490. The molecule has 0 aliphatic rings. The summed E-state index contributed by atoms with van der Waals surface area (Å²) in [6.45, 7) is 9.34. The van der Waals surface area contributed by atoms with E-state index in [1.807, 2.05) is 67.8 Å². The van der Waals surface area contributed by atoms with Gasteiger partial charge in [0.1, 0.15) is 11.5 Å². The maximum atomic E-state index is 12.9. The summed E-state index contributed by atoms with van der Waals surface area (Å²) in [4.78, 5) is 25.7. The Morgan fingerprint density at radius 1 is 0.905 bits per heavy atom. The van der Waals surface area contributed by atoms with Crippen LogP contribution in [0.5, 0.6) is 11.5 Å². The molecule has 3 aromatic carbocycles. The average Bonchev–Trinajstić information content (AvgIpc) is 3.40. The minimum absolute atomic E-state index is 0.140. The summed E-state index contributed by atoms with van der Waals surface area (Å²) in [7, 11) is 0. The first-order valence-corrected chi connectivity index (χ1v) is 15.0. The third-order valence-electron chi connectivity index (χ3n) is 6.40. The Morgan fingerprint density at radius 3 is 2.33 bits per heavy atom. The molecule has 2 amide bonds. The van der Waals surface area contributed by atoms with Crippen molar-refractivity contribution in [3.63, 3.8) is 0 Å². The molecule has 9 nitrogen and oxygen atoms in total. The Morgan fingerprint density at radius 2 is 1.62 bits per heavy atom. The number of benzene rings is 3. The maximum absolute atomic E-state index is 12.9. The van der Waals surface area contributed by atoms with Crippen molar-refractivity contribution < 1.29 is 19.1 Å². The molecule has 0 atom stereocenters. The minimum Gasteiger partial charge on any atom is -0.494 e. The first-order chi connectivity index (χ1) is 20.4. The zero-order valence-corrected chi connectivity index (χ0v) is 25.3. The molecule has 2 N–H and O–H groups in total. The highest BCUT2D eigenvalue weighted by Gasteiger charge is 2.18. The van der Waals surface area contributed by atoms with Crippen molar-refractivity contribution in [2.24, 2.45) is 0 Å². The summed E-state index contributed by atoms with van der Waals surface area (Å²) >= 11 is 1.27. The van der Waals surface area contributed by atoms with Gasteiger partial charge in [-0.1, -0.05) is 37.2 Å². The number of nitrogens with zero attached hydrogens (tertiary/aromatic N) is 3. The van der Waals surface area contributed by atoms with E-state index in [0.717, 1.165) is 46.8 Å². The van der Waals surface area contributed by atoms with Crippen LogP contribution in [-0.4, -0.2) is 45.5 Å². The lowest BCUT2D eigenvalue weighted by Crippen LogP contribution is -2.24. The number of anilines is 1. The number of carbonyl (C=O) groups excluding carboxylic acids is 2. The standard InChI is InChI=1S/C32H37N5O4S/c1-5-7-18-41-27-14-10-24(11-15-27)31(39)33-20-29-35-36-32(37(29)25-12-16-26(17-13-25)40-6-2)42-21-30(38)34-28-19-22(3)8-9-23(28)4/h8-17,19H,5-7,18,20-21H2,1-4H3,(H,33,39)(H,34,38). The fraction of sp³-hybridized carbons (Fsp3) is 0.312. The summed E-state index contributed by atoms with van der Waals surface area (Å²) in [5.41, 5.74) is 4.16. The number of carbonyl (C=O) groups is 2. The number of thioether (sulfide) groups is 1. The van der Waals surface area contributed by atoms with Crippen LogP contribution in [0, 0.1) is 13.8 Å². The van der Waals surface area contributed by atoms with E-state index in [-0.39, 0.29) is 24.1 Å². The molecule has 220 valence electrons. The van der Waals surface area contributed by atoms with E-state index in [0.29, 0.717) is 29.8 Å². The number of ether oxygens (including phenoxy) is 2. The van der Waals surface area contributed by atoms with Crippen LogP contribution in [0.15, 0.2) is 71.9 Å². The summed E-state index contributed by atoms with van der Waals surface area (Å²) in [5.74, 6) is 1.77. The highest BCUT2D eigenvalue weighted by Crippen LogP contribution is 2.25. The normalized spacial score (nSPS) is 10.8. The van der Waals surface area contributed by atoms with Crippen molar-refractivity contribution in [3.8, 4) is 17.2 Å². The zero-order valence-electron chi connectivity index (χ0n) is 24.5. The van der Waals surface area contributed by atoms with Gasteiger partial charge >= 0.3 is 0 Å². The molecule has 0 aliphatic carbocycles. The molecule has 1 heterocycles. The van der Waals surface area contributed by atoms with Gasteiger partial charge in [-0.3, -0.25) is 14.2 Å². The molecule has 1 aromatic heterocycles. The van der Waals surface area contributed by atoms with E-state index >= 15 is 0 Å². The van der Waals surface area contributed by atoms with Gasteiger partial charge in [0.2, 0.25) is 5.91 Å². The van der Waals surface area contributed by atoms with Gasteiger partial charge in [0.25, 0.3) is 5.91 Å². The smallest absolute Gasteiger partial charge is 0.251 e. The summed E-state index contributed by atoms with van der Waals surface area (Å²) in [6, 6.07) is 20.6. The van der Waals surface area contributed by atoms with Gasteiger partial charge in [-0.2, -0.15) is 0 Å². The molecule has 10 heteroatoms. The molecular weight excluding hydrogens is 550 g/mol. The van der Waals surface area contributed by atoms with Crippen molar-refractivity contribution in [1.29, 1.82) is 0 Å². The van der Waals surface area contributed by atoms with Gasteiger partial charge in [-0.25, -0.2) is 0 Å². The SMILES string of the molecule is CCCCOc1ccc(C(=O)NCc2nnc(SCC(=O)Nc3cc(C)ccc3C)n2-c2ccc(OCC)cc2)cc1. The third-order valence-corrected chi connectivity index (χ3v) is 7.32. The quantitative estimate of drug-likeness (QED) is 0.135. The number of unbranched alkanes of at least 4 members (excludes halogenated alkanes) is 1. The van der Waals surface area contributed by atoms with Crippen LogP contribution in [0.25, 0.3) is 5.69 Å². The number of amides is 2. The molecule has 0 spiro atoms. The number of hydrogen-bond donors (Lipinski definition) is 2. The van der Waals surface area contributed by atoms with Crippen molar-refractivity contribution in [3.05, 3.63) is 89.2 Å². The Hall–Kier alpha value is -4.31. The average molecular weight is 588 g/mol. The first-order valence-electron chi connectivity index (χ1n) is 14.1. The first kappa shape index (κ1) is 30.6. The van der Waals surface area contributed by atoms with Gasteiger partial charge < -0.3 is 20.1 Å². The van der Waals surface area contributed by atoms with Crippen LogP contribution in [0.1, 0.15) is 54.0 Å². The number of nitrogens with one attached hydrogen (secondary N) is 2. The van der Waals surface area contributed by atoms with Gasteiger partial charge in [-0.15, -0.1) is 10.2 Å². The van der Waals surface area contributed by atoms with E-state index < -0.39 is 0 Å². The molecule has 0 fully saturated rings. The second-order valence-corrected chi connectivity index (χ2v) is 10.7. The maximum Gasteiger partial charge on any atom is 0.251 e. The molecule has 0 radical (unpaired) electrons. The van der Waals surface area contributed by atoms with E-state index in [2.05, 4.69) is 27.8 Å². The van der Waals surface area contributed by atoms with Gasteiger partial charge in [0.15, 0.2) is 11.0 Å². The fourth-order valence-electron chi connectivity index (χ4n) is 4.11. The zero-order chi connectivity index (χ0) is 29.9. The number of aromatic nitrogens is 3. The molecule has 0 bridgehead atoms. The molecule has 0 saturated heterocycles. The Labute approximate surface area is 251 Å². The monoisotopic (exact) mass is 587 g/mol. The number of rotatable bonds is 14. The van der Waals surface area contributed by atoms with Crippen LogP contribution in [0.4, 0.5) is 5.69 Å². The summed E-state index contributed by atoms with van der Waals surface area (Å²) < 4.78 is 13.1. The molecule has 42 heavy (non-hydrogen) atoms. The van der Waals surface area contributed by atoms with Crippen LogP contribution >= 0.6 is 11.8 Å². The summed E-state index contributed by atoms with van der Waals surface area (Å²) in [6.07, 6.45) is 2.04. The van der Waals surface area contributed by atoms with E-state index in [9.17, 15) is 9.59 Å². The molecule has 4 aromatic rings. The third kappa shape index (κ3) is 8.36. The molecule has 4 rings (SSSR count). The molecular formula is C32H37N5O4S. The summed E-state index contributed by atoms with van der Waals surface area (Å²) in [5, 5.41) is 15.2. The predicted molar refractivity (Wildman–Crippen MR) is 166 cm³/mol. The lowest BCUT2D eigenvalue weighted by Gasteiger charge is -2.13.